The molecule has 1 aromatic carbocycles. The molecule has 0 radical (unpaired) electrons. The molecule has 2 heterocycles. The SMILES string of the molecule is c1ccc(CNc2ccnc3[nH]c4c(c23)CCCC4)cc1. The van der Waals surface area contributed by atoms with Crippen LogP contribution in [-0.4, -0.2) is 9.97 Å². The second-order valence-electron chi connectivity index (χ2n) is 5.71. The van der Waals surface area contributed by atoms with Gasteiger partial charge >= 0.3 is 0 Å². The van der Waals surface area contributed by atoms with Gasteiger partial charge in [0.2, 0.25) is 0 Å². The summed E-state index contributed by atoms with van der Waals surface area (Å²) < 4.78 is 0. The van der Waals surface area contributed by atoms with Crippen LogP contribution in [0.5, 0.6) is 0 Å². The molecule has 0 bridgehead atoms. The number of pyridine rings is 1. The highest BCUT2D eigenvalue weighted by Gasteiger charge is 2.18. The second-order valence-corrected chi connectivity index (χ2v) is 5.71. The van der Waals surface area contributed by atoms with E-state index in [-0.39, 0.29) is 0 Å². The molecule has 0 saturated carbocycles. The summed E-state index contributed by atoms with van der Waals surface area (Å²) in [5, 5.41) is 4.87. The van der Waals surface area contributed by atoms with Crippen molar-refractivity contribution >= 4 is 16.7 Å². The molecule has 0 aliphatic heterocycles. The molecule has 0 amide bonds. The van der Waals surface area contributed by atoms with Gasteiger partial charge in [0.05, 0.1) is 0 Å². The number of H-pyrrole nitrogens is 1. The van der Waals surface area contributed by atoms with Crippen LogP contribution in [0.1, 0.15) is 29.7 Å². The molecule has 2 N–H and O–H groups in total. The van der Waals surface area contributed by atoms with E-state index < -0.39 is 0 Å². The maximum Gasteiger partial charge on any atom is 0.139 e. The average molecular weight is 277 g/mol. The van der Waals surface area contributed by atoms with Crippen LogP contribution in [0.25, 0.3) is 11.0 Å². The van der Waals surface area contributed by atoms with Crippen molar-refractivity contribution in [2.45, 2.75) is 32.2 Å². The number of hydrogen-bond donors (Lipinski definition) is 2. The van der Waals surface area contributed by atoms with Gasteiger partial charge in [-0.1, -0.05) is 30.3 Å². The first-order valence-electron chi connectivity index (χ1n) is 7.68. The summed E-state index contributed by atoms with van der Waals surface area (Å²) in [5.74, 6) is 0. The van der Waals surface area contributed by atoms with Gasteiger partial charge in [-0.25, -0.2) is 4.98 Å². The molecule has 0 atom stereocenters. The molecule has 3 heteroatoms. The van der Waals surface area contributed by atoms with Gasteiger partial charge in [-0.2, -0.15) is 0 Å². The number of rotatable bonds is 3. The third-order valence-corrected chi connectivity index (χ3v) is 4.32. The fourth-order valence-corrected chi connectivity index (χ4v) is 3.26. The number of aromatic nitrogens is 2. The molecule has 3 nitrogen and oxygen atoms in total. The van der Waals surface area contributed by atoms with Crippen LogP contribution in [0.15, 0.2) is 42.6 Å². The lowest BCUT2D eigenvalue weighted by Crippen LogP contribution is -2.03. The fourth-order valence-electron chi connectivity index (χ4n) is 3.26. The molecule has 0 saturated heterocycles. The maximum absolute atomic E-state index is 4.51. The fraction of sp³-hybridized carbons (Fsp3) is 0.278. The zero-order chi connectivity index (χ0) is 14.1. The standard InChI is InChI=1S/C18H19N3/c1-2-6-13(7-3-1)12-20-16-10-11-19-18-17(16)14-8-4-5-9-15(14)21-18/h1-3,6-7,10-11H,4-5,8-9,12H2,(H2,19,20,21). The Kier molecular flexibility index (Phi) is 3.11. The van der Waals surface area contributed by atoms with Gasteiger partial charge in [0.25, 0.3) is 0 Å². The largest absolute Gasteiger partial charge is 0.380 e. The van der Waals surface area contributed by atoms with Gasteiger partial charge in [0, 0.05) is 29.5 Å². The summed E-state index contributed by atoms with van der Waals surface area (Å²) in [6.07, 6.45) is 6.78. The van der Waals surface area contributed by atoms with Crippen molar-refractivity contribution in [1.82, 2.24) is 9.97 Å². The number of aryl methyl sites for hydroxylation is 2. The highest BCUT2D eigenvalue weighted by molar-refractivity contribution is 5.93. The Balaban J connectivity index is 1.70. The van der Waals surface area contributed by atoms with Crippen LogP contribution in [0.3, 0.4) is 0 Å². The lowest BCUT2D eigenvalue weighted by molar-refractivity contribution is 0.680. The van der Waals surface area contributed by atoms with E-state index in [1.165, 1.54) is 47.2 Å². The summed E-state index contributed by atoms with van der Waals surface area (Å²) in [6.45, 7) is 0.847. The van der Waals surface area contributed by atoms with Gasteiger partial charge in [0.1, 0.15) is 5.65 Å². The number of nitrogens with zero attached hydrogens (tertiary/aromatic N) is 1. The number of anilines is 1. The molecule has 0 spiro atoms. The molecule has 1 aliphatic rings. The summed E-state index contributed by atoms with van der Waals surface area (Å²) in [5.41, 5.74) is 6.38. The van der Waals surface area contributed by atoms with E-state index in [1.54, 1.807) is 0 Å². The summed E-state index contributed by atoms with van der Waals surface area (Å²) in [7, 11) is 0. The average Bonchev–Trinajstić information content (AvgIpc) is 2.93. The van der Waals surface area contributed by atoms with E-state index in [1.807, 2.05) is 6.20 Å². The van der Waals surface area contributed by atoms with Crippen molar-refractivity contribution < 1.29 is 0 Å². The van der Waals surface area contributed by atoms with E-state index in [4.69, 9.17) is 0 Å². The predicted molar refractivity (Wildman–Crippen MR) is 86.5 cm³/mol. The van der Waals surface area contributed by atoms with E-state index in [2.05, 4.69) is 51.7 Å². The highest BCUT2D eigenvalue weighted by atomic mass is 14.9. The molecule has 0 unspecified atom stereocenters. The van der Waals surface area contributed by atoms with E-state index in [0.29, 0.717) is 0 Å². The third kappa shape index (κ3) is 2.29. The maximum atomic E-state index is 4.51. The van der Waals surface area contributed by atoms with E-state index in [0.717, 1.165) is 18.6 Å². The van der Waals surface area contributed by atoms with Gasteiger partial charge in [0.15, 0.2) is 0 Å². The second kappa shape index (κ2) is 5.24. The minimum atomic E-state index is 0.847. The summed E-state index contributed by atoms with van der Waals surface area (Å²) in [4.78, 5) is 8.01. The Labute approximate surface area is 124 Å². The van der Waals surface area contributed by atoms with Gasteiger partial charge in [-0.15, -0.1) is 0 Å². The Bertz CT molecular complexity index is 759. The van der Waals surface area contributed by atoms with Crippen molar-refractivity contribution in [1.29, 1.82) is 0 Å². The minimum absolute atomic E-state index is 0.847. The normalized spacial score (nSPS) is 14.1. The number of benzene rings is 1. The number of aromatic amines is 1. The number of fused-ring (bicyclic) bond motifs is 3. The van der Waals surface area contributed by atoms with Crippen LogP contribution >= 0.6 is 0 Å². The van der Waals surface area contributed by atoms with Gasteiger partial charge in [-0.3, -0.25) is 0 Å². The minimum Gasteiger partial charge on any atom is -0.380 e. The molecule has 1 aliphatic carbocycles. The van der Waals surface area contributed by atoms with E-state index in [9.17, 15) is 0 Å². The zero-order valence-electron chi connectivity index (χ0n) is 12.0. The highest BCUT2D eigenvalue weighted by Crippen LogP contribution is 2.32. The number of hydrogen-bond acceptors (Lipinski definition) is 2. The smallest absolute Gasteiger partial charge is 0.139 e. The summed E-state index contributed by atoms with van der Waals surface area (Å²) in [6, 6.07) is 12.6. The van der Waals surface area contributed by atoms with Crippen molar-refractivity contribution in [3.05, 3.63) is 59.4 Å². The Hall–Kier alpha value is -2.29. The first-order chi connectivity index (χ1) is 10.4. The molecule has 4 rings (SSSR count). The molecule has 0 fully saturated rings. The predicted octanol–water partition coefficient (Wildman–Crippen LogP) is 4.05. The third-order valence-electron chi connectivity index (χ3n) is 4.32. The van der Waals surface area contributed by atoms with E-state index >= 15 is 0 Å². The van der Waals surface area contributed by atoms with Crippen LogP contribution in [0.4, 0.5) is 5.69 Å². The monoisotopic (exact) mass is 277 g/mol. The van der Waals surface area contributed by atoms with Crippen molar-refractivity contribution in [3.8, 4) is 0 Å². The summed E-state index contributed by atoms with van der Waals surface area (Å²) >= 11 is 0. The van der Waals surface area contributed by atoms with Crippen molar-refractivity contribution in [3.63, 3.8) is 0 Å². The van der Waals surface area contributed by atoms with Gasteiger partial charge in [-0.05, 0) is 42.9 Å². The van der Waals surface area contributed by atoms with Crippen LogP contribution in [0, 0.1) is 0 Å². The lowest BCUT2D eigenvalue weighted by Gasteiger charge is -2.13. The Morgan fingerprint density at radius 1 is 1.05 bits per heavy atom. The van der Waals surface area contributed by atoms with Crippen LogP contribution in [0.2, 0.25) is 0 Å². The molecule has 2 aromatic heterocycles. The molecular formula is C18H19N3. The Morgan fingerprint density at radius 3 is 2.81 bits per heavy atom. The quantitative estimate of drug-likeness (QED) is 0.758. The molecular weight excluding hydrogens is 258 g/mol. The first-order valence-corrected chi connectivity index (χ1v) is 7.68. The van der Waals surface area contributed by atoms with Crippen molar-refractivity contribution in [2.24, 2.45) is 0 Å². The lowest BCUT2D eigenvalue weighted by atomic mass is 9.95. The van der Waals surface area contributed by atoms with Crippen molar-refractivity contribution in [2.75, 3.05) is 5.32 Å². The van der Waals surface area contributed by atoms with Crippen LogP contribution < -0.4 is 5.32 Å². The van der Waals surface area contributed by atoms with Crippen LogP contribution in [-0.2, 0) is 19.4 Å². The molecule has 3 aromatic rings. The zero-order valence-corrected chi connectivity index (χ0v) is 12.0. The van der Waals surface area contributed by atoms with Gasteiger partial charge < -0.3 is 10.3 Å². The first kappa shape index (κ1) is 12.5. The topological polar surface area (TPSA) is 40.7 Å². The number of nitrogens with one attached hydrogen (secondary N) is 2. The Morgan fingerprint density at radius 2 is 1.90 bits per heavy atom. The molecule has 21 heavy (non-hydrogen) atoms. The molecule has 106 valence electrons.